The largest absolute Gasteiger partial charge is 0.490 e. The zero-order valence-electron chi connectivity index (χ0n) is 23.3. The second-order valence-corrected chi connectivity index (χ2v) is 10.9. The molecule has 10 nitrogen and oxygen atoms in total. The summed E-state index contributed by atoms with van der Waals surface area (Å²) in [5, 5.41) is 21.4. The third-order valence-electron chi connectivity index (χ3n) is 6.45. The first-order valence-corrected chi connectivity index (χ1v) is 13.1. The molecule has 0 radical (unpaired) electrons. The minimum atomic E-state index is -5.08. The number of imidazole rings is 1. The predicted octanol–water partition coefficient (Wildman–Crippen LogP) is 4.90. The fourth-order valence-corrected chi connectivity index (χ4v) is 5.16. The number of hydrogen-bond donors (Lipinski definition) is 3. The first-order chi connectivity index (χ1) is 19.9. The Morgan fingerprint density at radius 1 is 0.818 bits per heavy atom. The lowest BCUT2D eigenvalue weighted by Gasteiger charge is -2.49. The fourth-order valence-electron chi connectivity index (χ4n) is 4.23. The van der Waals surface area contributed by atoms with E-state index >= 15 is 0 Å². The van der Waals surface area contributed by atoms with Gasteiger partial charge in [-0.05, 0) is 45.9 Å². The van der Waals surface area contributed by atoms with Gasteiger partial charge in [-0.25, -0.2) is 19.4 Å². The maximum Gasteiger partial charge on any atom is 0.490 e. The van der Waals surface area contributed by atoms with Crippen LogP contribution in [-0.2, 0) is 33.0 Å². The molecular weight excluding hydrogens is 643 g/mol. The standard InChI is InChI=1S/C18H26N4S.3C2HF3O2/c1-14-12-19-17-18(20(3)10-11-22(14)17)6-8-21(9-7-18)13-16-5-4-15(2)23-16;3*3-2(4,5)1(6)7/h4-5,12H,6-11,13H2,1-3H3;3*(H,6,7). The number of alkyl halides is 9. The highest BCUT2D eigenvalue weighted by Gasteiger charge is 2.45. The molecule has 20 heteroatoms. The number of nitrogens with zero attached hydrogens (tertiary/aromatic N) is 4. The van der Waals surface area contributed by atoms with Gasteiger partial charge < -0.3 is 19.9 Å². The predicted molar refractivity (Wildman–Crippen MR) is 136 cm³/mol. The van der Waals surface area contributed by atoms with Gasteiger partial charge in [0, 0.05) is 54.4 Å². The monoisotopic (exact) mass is 672 g/mol. The highest BCUT2D eigenvalue weighted by atomic mass is 32.1. The molecule has 1 fully saturated rings. The average Bonchev–Trinajstić information content (AvgIpc) is 3.47. The highest BCUT2D eigenvalue weighted by molar-refractivity contribution is 7.11. The molecule has 250 valence electrons. The number of piperidine rings is 1. The average molecular weight is 673 g/mol. The summed E-state index contributed by atoms with van der Waals surface area (Å²) in [4.78, 5) is 39.6. The molecule has 0 atom stereocenters. The van der Waals surface area contributed by atoms with E-state index in [9.17, 15) is 39.5 Å². The van der Waals surface area contributed by atoms with E-state index in [1.54, 1.807) is 0 Å². The molecule has 4 heterocycles. The second-order valence-electron chi connectivity index (χ2n) is 9.53. The maximum atomic E-state index is 10.6. The number of carboxylic acid groups (broad SMARTS) is 3. The molecule has 0 saturated carbocycles. The number of aryl methyl sites for hydroxylation is 2. The van der Waals surface area contributed by atoms with Gasteiger partial charge in [0.15, 0.2) is 0 Å². The van der Waals surface area contributed by atoms with E-state index < -0.39 is 36.4 Å². The molecule has 0 amide bonds. The summed E-state index contributed by atoms with van der Waals surface area (Å²) in [7, 11) is 2.28. The topological polar surface area (TPSA) is 136 Å². The van der Waals surface area contributed by atoms with Gasteiger partial charge in [0.1, 0.15) is 5.82 Å². The summed E-state index contributed by atoms with van der Waals surface area (Å²) in [6.07, 6.45) is -10.8. The van der Waals surface area contributed by atoms with Crippen molar-refractivity contribution in [3.8, 4) is 0 Å². The van der Waals surface area contributed by atoms with Crippen LogP contribution in [0.4, 0.5) is 39.5 Å². The van der Waals surface area contributed by atoms with Crippen LogP contribution in [0.2, 0.25) is 0 Å². The number of carboxylic acids is 3. The Kier molecular flexibility index (Phi) is 13.2. The lowest BCUT2D eigenvalue weighted by molar-refractivity contribution is -0.193. The van der Waals surface area contributed by atoms with Crippen LogP contribution >= 0.6 is 11.3 Å². The van der Waals surface area contributed by atoms with Crippen molar-refractivity contribution in [1.82, 2.24) is 19.4 Å². The number of thiophene rings is 1. The number of rotatable bonds is 2. The van der Waals surface area contributed by atoms with Crippen LogP contribution in [0, 0.1) is 13.8 Å². The number of hydrogen-bond acceptors (Lipinski definition) is 7. The highest BCUT2D eigenvalue weighted by Crippen LogP contribution is 2.40. The minimum Gasteiger partial charge on any atom is -0.475 e. The van der Waals surface area contributed by atoms with E-state index in [0.717, 1.165) is 32.7 Å². The van der Waals surface area contributed by atoms with Crippen LogP contribution < -0.4 is 0 Å². The van der Waals surface area contributed by atoms with Crippen molar-refractivity contribution >= 4 is 29.2 Å². The third kappa shape index (κ3) is 11.3. The van der Waals surface area contributed by atoms with Crippen molar-refractivity contribution in [2.24, 2.45) is 0 Å². The van der Waals surface area contributed by atoms with Crippen LogP contribution in [0.1, 0.15) is 34.1 Å². The number of likely N-dealkylation sites (N-methyl/N-ethyl adjacent to an activating group) is 1. The van der Waals surface area contributed by atoms with Gasteiger partial charge >= 0.3 is 36.4 Å². The smallest absolute Gasteiger partial charge is 0.475 e. The van der Waals surface area contributed by atoms with Gasteiger partial charge in [-0.2, -0.15) is 39.5 Å². The van der Waals surface area contributed by atoms with E-state index in [1.807, 2.05) is 11.3 Å². The Bertz CT molecular complexity index is 1210. The van der Waals surface area contributed by atoms with E-state index in [2.05, 4.69) is 53.6 Å². The number of fused-ring (bicyclic) bond motifs is 2. The van der Waals surface area contributed by atoms with Crippen molar-refractivity contribution in [1.29, 1.82) is 0 Å². The number of carbonyl (C=O) groups is 3. The van der Waals surface area contributed by atoms with Crippen LogP contribution in [0.5, 0.6) is 0 Å². The van der Waals surface area contributed by atoms with E-state index in [-0.39, 0.29) is 5.54 Å². The van der Waals surface area contributed by atoms with E-state index in [4.69, 9.17) is 34.7 Å². The maximum absolute atomic E-state index is 10.6. The zero-order chi connectivity index (χ0) is 34.3. The molecule has 0 aliphatic carbocycles. The van der Waals surface area contributed by atoms with Gasteiger partial charge in [0.2, 0.25) is 0 Å². The first-order valence-electron chi connectivity index (χ1n) is 12.3. The molecular formula is C24H29F9N4O6S. The molecule has 4 rings (SSSR count). The molecule has 0 bridgehead atoms. The molecule has 0 unspecified atom stereocenters. The van der Waals surface area contributed by atoms with Crippen LogP contribution in [0.15, 0.2) is 18.3 Å². The van der Waals surface area contributed by atoms with Gasteiger partial charge in [-0.3, -0.25) is 9.80 Å². The Morgan fingerprint density at radius 3 is 1.61 bits per heavy atom. The quantitative estimate of drug-likeness (QED) is 0.381. The lowest BCUT2D eigenvalue weighted by atomic mass is 9.83. The third-order valence-corrected chi connectivity index (χ3v) is 7.43. The zero-order valence-corrected chi connectivity index (χ0v) is 24.2. The SMILES string of the molecule is Cc1ccc(CN2CCC3(CC2)c2ncc(C)n2CCN3C)s1.O=C(O)C(F)(F)F.O=C(O)C(F)(F)F.O=C(O)C(F)(F)F. The molecule has 1 saturated heterocycles. The van der Waals surface area contributed by atoms with Gasteiger partial charge in [-0.1, -0.05) is 0 Å². The van der Waals surface area contributed by atoms with Gasteiger partial charge in [0.25, 0.3) is 0 Å². The van der Waals surface area contributed by atoms with Crippen molar-refractivity contribution in [3.05, 3.63) is 39.6 Å². The number of likely N-dealkylation sites (tertiary alicyclic amines) is 1. The normalized spacial score (nSPS) is 16.7. The molecule has 3 N–H and O–H groups in total. The summed E-state index contributed by atoms with van der Waals surface area (Å²) < 4.78 is 97.7. The molecule has 0 aromatic carbocycles. The van der Waals surface area contributed by atoms with Crippen molar-refractivity contribution < 1.29 is 69.2 Å². The summed E-state index contributed by atoms with van der Waals surface area (Å²) in [6, 6.07) is 4.52. The van der Waals surface area contributed by atoms with Crippen molar-refractivity contribution in [2.45, 2.75) is 63.8 Å². The Morgan fingerprint density at radius 2 is 1.25 bits per heavy atom. The van der Waals surface area contributed by atoms with Crippen LogP contribution in [0.3, 0.4) is 0 Å². The first kappa shape index (κ1) is 38.6. The number of halogens is 9. The minimum absolute atomic E-state index is 0.147. The van der Waals surface area contributed by atoms with Gasteiger partial charge in [-0.15, -0.1) is 11.3 Å². The van der Waals surface area contributed by atoms with E-state index in [0.29, 0.717) is 0 Å². The Balaban J connectivity index is 0.000000379. The summed E-state index contributed by atoms with van der Waals surface area (Å²) >= 11 is 1.93. The number of aromatic nitrogens is 2. The fraction of sp³-hybridized carbons (Fsp3) is 0.583. The second kappa shape index (κ2) is 15.1. The molecule has 2 aliphatic heterocycles. The van der Waals surface area contributed by atoms with Crippen molar-refractivity contribution in [3.63, 3.8) is 0 Å². The molecule has 2 aromatic heterocycles. The summed E-state index contributed by atoms with van der Waals surface area (Å²) in [6.45, 7) is 10.0. The molecule has 44 heavy (non-hydrogen) atoms. The lowest BCUT2D eigenvalue weighted by Crippen LogP contribution is -2.56. The Labute approximate surface area is 248 Å². The summed E-state index contributed by atoms with van der Waals surface area (Å²) in [5.41, 5.74) is 1.46. The van der Waals surface area contributed by atoms with Crippen LogP contribution in [-0.4, -0.2) is 97.8 Å². The summed E-state index contributed by atoms with van der Waals surface area (Å²) in [5.74, 6) is -6.97. The molecule has 2 aliphatic rings. The van der Waals surface area contributed by atoms with E-state index in [1.165, 1.54) is 34.1 Å². The van der Waals surface area contributed by atoms with Crippen LogP contribution in [0.25, 0.3) is 0 Å². The molecule has 2 aromatic rings. The van der Waals surface area contributed by atoms with Gasteiger partial charge in [0.05, 0.1) is 5.54 Å². The Hall–Kier alpha value is -3.39. The molecule has 1 spiro atoms. The van der Waals surface area contributed by atoms with Crippen molar-refractivity contribution in [2.75, 3.05) is 26.7 Å². The number of aliphatic carboxylic acids is 3.